The number of aliphatic imine (C=N–C) groups is 1. The van der Waals surface area contributed by atoms with Crippen molar-refractivity contribution in [2.45, 2.75) is 21.9 Å². The van der Waals surface area contributed by atoms with Gasteiger partial charge in [-0.1, -0.05) is 30.0 Å². The molecule has 10 heteroatoms. The van der Waals surface area contributed by atoms with Gasteiger partial charge in [0.1, 0.15) is 9.46 Å². The van der Waals surface area contributed by atoms with Crippen molar-refractivity contribution in [3.63, 3.8) is 0 Å². The number of hydrogen-bond donors (Lipinski definition) is 2. The summed E-state index contributed by atoms with van der Waals surface area (Å²) in [5.74, 6) is -0.364. The van der Waals surface area contributed by atoms with E-state index in [0.717, 1.165) is 16.3 Å². The lowest BCUT2D eigenvalue weighted by atomic mass is 10.1. The molecule has 0 aliphatic carbocycles. The number of nitrogens with two attached hydrogens (primary N) is 1. The van der Waals surface area contributed by atoms with E-state index in [-0.39, 0.29) is 17.2 Å². The normalized spacial score (nSPS) is 21.4. The van der Waals surface area contributed by atoms with Crippen LogP contribution in [0.2, 0.25) is 0 Å². The van der Waals surface area contributed by atoms with Crippen LogP contribution in [0.5, 0.6) is 0 Å². The second-order valence-electron chi connectivity index (χ2n) is 6.30. The van der Waals surface area contributed by atoms with Crippen molar-refractivity contribution >= 4 is 55.4 Å². The molecule has 3 N–H and O–H groups in total. The number of thiophene rings is 1. The van der Waals surface area contributed by atoms with Crippen molar-refractivity contribution in [1.82, 2.24) is 0 Å². The van der Waals surface area contributed by atoms with Gasteiger partial charge in [-0.25, -0.2) is 8.42 Å². The van der Waals surface area contributed by atoms with Crippen LogP contribution in [0.1, 0.15) is 5.56 Å². The smallest absolute Gasteiger partial charge is 0.273 e. The molecule has 2 aliphatic heterocycles. The van der Waals surface area contributed by atoms with Gasteiger partial charge in [0.05, 0.1) is 29.0 Å². The van der Waals surface area contributed by atoms with Crippen LogP contribution in [0.4, 0.5) is 11.4 Å². The molecule has 2 unspecified atom stereocenters. The number of hydrogen-bond acceptors (Lipinski definition) is 7. The molecule has 0 spiro atoms. The molecule has 1 aromatic carbocycles. The van der Waals surface area contributed by atoms with Gasteiger partial charge in [0.2, 0.25) is 5.91 Å². The molecule has 7 nitrogen and oxygen atoms in total. The van der Waals surface area contributed by atoms with Crippen LogP contribution in [0.3, 0.4) is 0 Å². The number of sulfonamides is 1. The maximum absolute atomic E-state index is 12.9. The van der Waals surface area contributed by atoms with E-state index < -0.39 is 10.0 Å². The number of rotatable bonds is 5. The SMILES string of the molecule is CN(c1cccc2c1NC(C1=NCC(C(N)=O)S1)C2)S(=O)(=O)c1cccs1. The van der Waals surface area contributed by atoms with Crippen molar-refractivity contribution in [2.24, 2.45) is 10.7 Å². The number of nitrogens with one attached hydrogen (secondary N) is 1. The maximum Gasteiger partial charge on any atom is 0.273 e. The number of anilines is 2. The highest BCUT2D eigenvalue weighted by Crippen LogP contribution is 2.39. The summed E-state index contributed by atoms with van der Waals surface area (Å²) >= 11 is 2.58. The first-order valence-corrected chi connectivity index (χ1v) is 11.5. The molecule has 2 atom stereocenters. The topological polar surface area (TPSA) is 105 Å². The molecule has 0 saturated heterocycles. The molecule has 0 fully saturated rings. The molecular weight excluding hydrogens is 404 g/mol. The first-order valence-electron chi connectivity index (χ1n) is 8.29. The minimum atomic E-state index is -3.61. The molecule has 2 aliphatic rings. The number of nitrogens with zero attached hydrogens (tertiary/aromatic N) is 2. The summed E-state index contributed by atoms with van der Waals surface area (Å²) in [6.07, 6.45) is 0.688. The van der Waals surface area contributed by atoms with Crippen LogP contribution in [-0.2, 0) is 21.2 Å². The Labute approximate surface area is 165 Å². The van der Waals surface area contributed by atoms with Crippen molar-refractivity contribution in [2.75, 3.05) is 23.2 Å². The van der Waals surface area contributed by atoms with Gasteiger partial charge in [-0.3, -0.25) is 14.1 Å². The number of amides is 1. The average molecular weight is 423 g/mol. The first-order chi connectivity index (χ1) is 12.9. The van der Waals surface area contributed by atoms with Crippen LogP contribution < -0.4 is 15.4 Å². The number of benzene rings is 1. The molecule has 27 heavy (non-hydrogen) atoms. The third-order valence-corrected chi connectivity index (χ3v) is 9.08. The lowest BCUT2D eigenvalue weighted by Crippen LogP contribution is -2.29. The van der Waals surface area contributed by atoms with E-state index in [9.17, 15) is 13.2 Å². The van der Waals surface area contributed by atoms with E-state index in [0.29, 0.717) is 22.9 Å². The zero-order chi connectivity index (χ0) is 19.2. The minimum Gasteiger partial charge on any atom is -0.374 e. The molecule has 0 saturated carbocycles. The van der Waals surface area contributed by atoms with Gasteiger partial charge in [-0.2, -0.15) is 0 Å². The molecule has 2 aromatic rings. The molecule has 3 heterocycles. The lowest BCUT2D eigenvalue weighted by molar-refractivity contribution is -0.117. The lowest BCUT2D eigenvalue weighted by Gasteiger charge is -2.22. The zero-order valence-electron chi connectivity index (χ0n) is 14.5. The Morgan fingerprint density at radius 2 is 2.15 bits per heavy atom. The average Bonchev–Trinajstić information content (AvgIpc) is 3.40. The highest BCUT2D eigenvalue weighted by atomic mass is 32.2. The third kappa shape index (κ3) is 3.21. The number of para-hydroxylation sites is 1. The van der Waals surface area contributed by atoms with Crippen LogP contribution in [0, 0.1) is 0 Å². The highest BCUT2D eigenvalue weighted by molar-refractivity contribution is 8.15. The van der Waals surface area contributed by atoms with E-state index in [1.807, 2.05) is 12.1 Å². The number of thioether (sulfide) groups is 1. The van der Waals surface area contributed by atoms with Gasteiger partial charge < -0.3 is 11.1 Å². The van der Waals surface area contributed by atoms with Crippen molar-refractivity contribution < 1.29 is 13.2 Å². The fourth-order valence-electron chi connectivity index (χ4n) is 3.19. The Balaban J connectivity index is 1.60. The van der Waals surface area contributed by atoms with E-state index in [2.05, 4.69) is 10.3 Å². The van der Waals surface area contributed by atoms with Crippen molar-refractivity contribution in [3.05, 3.63) is 41.3 Å². The minimum absolute atomic E-state index is 0.0756. The van der Waals surface area contributed by atoms with Crippen molar-refractivity contribution in [3.8, 4) is 0 Å². The molecule has 0 bridgehead atoms. The number of carbonyl (C=O) groups is 1. The second kappa shape index (κ2) is 6.84. The van der Waals surface area contributed by atoms with Gasteiger partial charge in [-0.15, -0.1) is 11.3 Å². The summed E-state index contributed by atoms with van der Waals surface area (Å²) in [5.41, 5.74) is 7.78. The van der Waals surface area contributed by atoms with Crippen molar-refractivity contribution in [1.29, 1.82) is 0 Å². The summed E-state index contributed by atoms with van der Waals surface area (Å²) in [6, 6.07) is 8.87. The van der Waals surface area contributed by atoms with Crippen LogP contribution in [-0.4, -0.2) is 44.3 Å². The molecule has 4 rings (SSSR count). The van der Waals surface area contributed by atoms with Crippen LogP contribution in [0.25, 0.3) is 0 Å². The Kier molecular flexibility index (Phi) is 4.65. The van der Waals surface area contributed by atoms with Crippen LogP contribution in [0.15, 0.2) is 44.9 Å². The Morgan fingerprint density at radius 1 is 1.33 bits per heavy atom. The maximum atomic E-state index is 12.9. The molecule has 1 amide bonds. The highest BCUT2D eigenvalue weighted by Gasteiger charge is 2.35. The number of primary amides is 1. The molecular formula is C17H18N4O3S3. The summed E-state index contributed by atoms with van der Waals surface area (Å²) in [7, 11) is -2.05. The van der Waals surface area contributed by atoms with Gasteiger partial charge in [0.15, 0.2) is 0 Å². The third-order valence-electron chi connectivity index (χ3n) is 4.61. The summed E-state index contributed by atoms with van der Waals surface area (Å²) in [4.78, 5) is 15.8. The van der Waals surface area contributed by atoms with Gasteiger partial charge in [0, 0.05) is 13.5 Å². The number of fused-ring (bicyclic) bond motifs is 1. The van der Waals surface area contributed by atoms with Gasteiger partial charge >= 0.3 is 0 Å². The monoisotopic (exact) mass is 422 g/mol. The van der Waals surface area contributed by atoms with Gasteiger partial charge in [0.25, 0.3) is 10.0 Å². The predicted octanol–water partition coefficient (Wildman–Crippen LogP) is 1.91. The zero-order valence-corrected chi connectivity index (χ0v) is 16.9. The fourth-order valence-corrected chi connectivity index (χ4v) is 6.57. The Bertz CT molecular complexity index is 1020. The standard InChI is InChI=1S/C17H18N4O3S3/c1-21(27(23,24)14-6-3-7-25-14)12-5-2-4-10-8-11(20-15(10)12)17-19-9-13(26-17)16(18)22/h2-7,11,13,20H,8-9H2,1H3,(H2,18,22). The summed E-state index contributed by atoms with van der Waals surface area (Å²) < 4.78 is 27.4. The second-order valence-corrected chi connectivity index (χ2v) is 10.7. The molecule has 142 valence electrons. The Morgan fingerprint density at radius 3 is 2.81 bits per heavy atom. The first kappa shape index (κ1) is 18.3. The summed E-state index contributed by atoms with van der Waals surface area (Å²) in [5, 5.41) is 5.65. The van der Waals surface area contributed by atoms with Gasteiger partial charge in [-0.05, 0) is 23.1 Å². The number of carbonyl (C=O) groups excluding carboxylic acids is 1. The van der Waals surface area contributed by atoms with E-state index in [1.165, 1.54) is 27.4 Å². The largest absolute Gasteiger partial charge is 0.374 e. The Hall–Kier alpha value is -2.04. The van der Waals surface area contributed by atoms with E-state index in [4.69, 9.17) is 5.73 Å². The summed E-state index contributed by atoms with van der Waals surface area (Å²) in [6.45, 7) is 0.392. The predicted molar refractivity (Wildman–Crippen MR) is 110 cm³/mol. The fraction of sp³-hybridized carbons (Fsp3) is 0.294. The van der Waals surface area contributed by atoms with Crippen LogP contribution >= 0.6 is 23.1 Å². The molecule has 0 radical (unpaired) electrons. The quantitative estimate of drug-likeness (QED) is 0.766. The molecule has 1 aromatic heterocycles. The van der Waals surface area contributed by atoms with E-state index in [1.54, 1.807) is 30.6 Å². The van der Waals surface area contributed by atoms with E-state index >= 15 is 0 Å².